The maximum absolute atomic E-state index is 13.8. The summed E-state index contributed by atoms with van der Waals surface area (Å²) in [6.07, 6.45) is 3.83. The van der Waals surface area contributed by atoms with E-state index >= 15 is 0 Å². The van der Waals surface area contributed by atoms with E-state index in [1.54, 1.807) is 21.8 Å². The number of anilines is 1. The van der Waals surface area contributed by atoms with E-state index in [0.29, 0.717) is 18.7 Å². The molecule has 3 saturated heterocycles. The molecule has 0 radical (unpaired) electrons. The van der Waals surface area contributed by atoms with Gasteiger partial charge in [-0.3, -0.25) is 4.79 Å². The second-order valence-corrected chi connectivity index (χ2v) is 6.33. The standard InChI is InChI=1S/C16H14FN7O/c17-15-12(2-1-5-18-15)16(25)24-10-6-11(24)8-22(7-10)14-4-3-13-20-19-9-23(13)21-14/h1-5,9-11H,6-8H2. The lowest BCUT2D eigenvalue weighted by Crippen LogP contribution is -2.70. The molecule has 6 heterocycles. The molecule has 3 aliphatic rings. The zero-order valence-electron chi connectivity index (χ0n) is 13.2. The smallest absolute Gasteiger partial charge is 0.259 e. The van der Waals surface area contributed by atoms with Crippen molar-refractivity contribution in [3.8, 4) is 0 Å². The lowest BCUT2D eigenvalue weighted by Gasteiger charge is -2.56. The van der Waals surface area contributed by atoms with Crippen LogP contribution in [0.25, 0.3) is 5.65 Å². The summed E-state index contributed by atoms with van der Waals surface area (Å²) in [5.74, 6) is -0.176. The van der Waals surface area contributed by atoms with E-state index in [9.17, 15) is 9.18 Å². The number of amides is 1. The fraction of sp³-hybridized carbons (Fsp3) is 0.312. The van der Waals surface area contributed by atoms with Crippen LogP contribution in [0.5, 0.6) is 0 Å². The third-order valence-electron chi connectivity index (χ3n) is 4.89. The van der Waals surface area contributed by atoms with Gasteiger partial charge in [0.05, 0.1) is 17.6 Å². The largest absolute Gasteiger partial charge is 0.351 e. The molecular formula is C16H14FN7O. The van der Waals surface area contributed by atoms with Crippen LogP contribution in [0.15, 0.2) is 36.8 Å². The minimum absolute atomic E-state index is 0.0367. The van der Waals surface area contributed by atoms with Gasteiger partial charge < -0.3 is 9.80 Å². The highest BCUT2D eigenvalue weighted by Crippen LogP contribution is 2.35. The SMILES string of the molecule is O=C(c1cccnc1F)N1C2CC1CN(c1ccc3nncn3n1)C2. The Hall–Kier alpha value is -3.10. The first-order valence-corrected chi connectivity index (χ1v) is 8.06. The lowest BCUT2D eigenvalue weighted by molar-refractivity contribution is 0.00526. The van der Waals surface area contributed by atoms with Crippen LogP contribution in [0.2, 0.25) is 0 Å². The Balaban J connectivity index is 1.37. The second-order valence-electron chi connectivity index (χ2n) is 6.33. The van der Waals surface area contributed by atoms with Crippen molar-refractivity contribution in [1.82, 2.24) is 29.7 Å². The van der Waals surface area contributed by atoms with Crippen LogP contribution in [0.1, 0.15) is 16.8 Å². The number of pyridine rings is 1. The van der Waals surface area contributed by atoms with Gasteiger partial charge in [-0.2, -0.15) is 8.91 Å². The molecule has 2 bridgehead atoms. The number of hydrogen-bond acceptors (Lipinski definition) is 6. The van der Waals surface area contributed by atoms with Gasteiger partial charge in [0.25, 0.3) is 5.91 Å². The van der Waals surface area contributed by atoms with Gasteiger partial charge in [0, 0.05) is 19.3 Å². The summed E-state index contributed by atoms with van der Waals surface area (Å²) in [6, 6.07) is 6.95. The number of piperidine rings is 1. The lowest BCUT2D eigenvalue weighted by atomic mass is 9.86. The Morgan fingerprint density at radius 2 is 2.04 bits per heavy atom. The Labute approximate surface area is 141 Å². The maximum Gasteiger partial charge on any atom is 0.259 e. The first-order valence-electron chi connectivity index (χ1n) is 8.06. The highest BCUT2D eigenvalue weighted by atomic mass is 19.1. The molecule has 6 rings (SSSR count). The molecule has 2 unspecified atom stereocenters. The van der Waals surface area contributed by atoms with Crippen molar-refractivity contribution in [2.45, 2.75) is 18.5 Å². The first-order chi connectivity index (χ1) is 12.2. The summed E-state index contributed by atoms with van der Waals surface area (Å²) < 4.78 is 15.4. The van der Waals surface area contributed by atoms with E-state index in [1.807, 2.05) is 12.1 Å². The van der Waals surface area contributed by atoms with Crippen molar-refractivity contribution in [3.05, 3.63) is 48.3 Å². The van der Waals surface area contributed by atoms with Gasteiger partial charge in [-0.1, -0.05) is 0 Å². The van der Waals surface area contributed by atoms with E-state index in [-0.39, 0.29) is 23.6 Å². The number of halogens is 1. The molecule has 0 saturated carbocycles. The molecule has 3 aliphatic heterocycles. The van der Waals surface area contributed by atoms with Crippen molar-refractivity contribution in [2.75, 3.05) is 18.0 Å². The number of aromatic nitrogens is 5. The van der Waals surface area contributed by atoms with Crippen LogP contribution in [0, 0.1) is 5.95 Å². The fourth-order valence-corrected chi connectivity index (χ4v) is 3.70. The zero-order valence-corrected chi connectivity index (χ0v) is 13.2. The van der Waals surface area contributed by atoms with Crippen LogP contribution in [0.4, 0.5) is 10.2 Å². The van der Waals surface area contributed by atoms with Crippen molar-refractivity contribution < 1.29 is 9.18 Å². The van der Waals surface area contributed by atoms with Crippen LogP contribution in [-0.4, -0.2) is 60.8 Å². The van der Waals surface area contributed by atoms with Gasteiger partial charge in [-0.15, -0.1) is 15.3 Å². The minimum Gasteiger partial charge on any atom is -0.351 e. The third-order valence-corrected chi connectivity index (χ3v) is 4.89. The topological polar surface area (TPSA) is 79.5 Å². The number of carbonyl (C=O) groups excluding carboxylic acids is 1. The normalized spacial score (nSPS) is 22.1. The fourth-order valence-electron chi connectivity index (χ4n) is 3.70. The van der Waals surface area contributed by atoms with E-state index in [0.717, 1.165) is 12.2 Å². The predicted molar refractivity (Wildman–Crippen MR) is 85.6 cm³/mol. The zero-order chi connectivity index (χ0) is 17.0. The molecule has 0 spiro atoms. The van der Waals surface area contributed by atoms with Crippen molar-refractivity contribution in [1.29, 1.82) is 0 Å². The summed E-state index contributed by atoms with van der Waals surface area (Å²) in [4.78, 5) is 20.1. The summed E-state index contributed by atoms with van der Waals surface area (Å²) in [5.41, 5.74) is 0.726. The molecule has 0 aromatic carbocycles. The van der Waals surface area contributed by atoms with Crippen molar-refractivity contribution in [3.63, 3.8) is 0 Å². The minimum atomic E-state index is -0.714. The Morgan fingerprint density at radius 1 is 1.20 bits per heavy atom. The number of piperazine rings is 1. The van der Waals surface area contributed by atoms with E-state index < -0.39 is 5.95 Å². The number of nitrogens with zero attached hydrogens (tertiary/aromatic N) is 7. The number of fused-ring (bicyclic) bond motifs is 3. The van der Waals surface area contributed by atoms with Crippen molar-refractivity contribution >= 4 is 17.4 Å². The molecule has 9 heteroatoms. The average Bonchev–Trinajstić information content (AvgIpc) is 3.09. The molecule has 8 nitrogen and oxygen atoms in total. The number of hydrogen-bond donors (Lipinski definition) is 0. The molecule has 2 atom stereocenters. The third kappa shape index (κ3) is 2.15. The van der Waals surface area contributed by atoms with E-state index in [1.165, 1.54) is 12.3 Å². The average molecular weight is 339 g/mol. The van der Waals surface area contributed by atoms with Crippen LogP contribution < -0.4 is 4.90 Å². The first kappa shape index (κ1) is 14.3. The van der Waals surface area contributed by atoms with Gasteiger partial charge in [0.15, 0.2) is 5.65 Å². The molecule has 0 N–H and O–H groups in total. The summed E-state index contributed by atoms with van der Waals surface area (Å²) >= 11 is 0. The van der Waals surface area contributed by atoms with Crippen LogP contribution in [-0.2, 0) is 0 Å². The monoisotopic (exact) mass is 339 g/mol. The van der Waals surface area contributed by atoms with Gasteiger partial charge >= 0.3 is 0 Å². The molecule has 25 heavy (non-hydrogen) atoms. The van der Waals surface area contributed by atoms with Crippen molar-refractivity contribution in [2.24, 2.45) is 0 Å². The van der Waals surface area contributed by atoms with E-state index in [4.69, 9.17) is 0 Å². The Bertz CT molecular complexity index is 962. The molecule has 126 valence electrons. The molecule has 3 aromatic rings. The predicted octanol–water partition coefficient (Wildman–Crippen LogP) is 0.762. The molecule has 3 fully saturated rings. The highest BCUT2D eigenvalue weighted by molar-refractivity contribution is 5.95. The molecular weight excluding hydrogens is 325 g/mol. The molecule has 1 amide bonds. The van der Waals surface area contributed by atoms with Gasteiger partial charge in [-0.05, 0) is 30.7 Å². The number of carbonyl (C=O) groups is 1. The Kier molecular flexibility index (Phi) is 2.97. The summed E-state index contributed by atoms with van der Waals surface area (Å²) in [7, 11) is 0. The maximum atomic E-state index is 13.8. The highest BCUT2D eigenvalue weighted by Gasteiger charge is 2.48. The van der Waals surface area contributed by atoms with E-state index in [2.05, 4.69) is 25.2 Å². The number of rotatable bonds is 2. The Morgan fingerprint density at radius 3 is 2.84 bits per heavy atom. The van der Waals surface area contributed by atoms with Gasteiger partial charge in [-0.25, -0.2) is 4.98 Å². The summed E-state index contributed by atoms with van der Waals surface area (Å²) in [5, 5.41) is 12.3. The van der Waals surface area contributed by atoms with Crippen LogP contribution >= 0.6 is 0 Å². The molecule has 3 aromatic heterocycles. The summed E-state index contributed by atoms with van der Waals surface area (Å²) in [6.45, 7) is 1.34. The van der Waals surface area contributed by atoms with Crippen LogP contribution in [0.3, 0.4) is 0 Å². The molecule has 0 aliphatic carbocycles. The van der Waals surface area contributed by atoms with Gasteiger partial charge in [0.2, 0.25) is 5.95 Å². The quantitative estimate of drug-likeness (QED) is 0.642. The second kappa shape index (κ2) is 5.20. The van der Waals surface area contributed by atoms with Gasteiger partial charge in [0.1, 0.15) is 12.1 Å².